The van der Waals surface area contributed by atoms with E-state index in [1.807, 2.05) is 6.07 Å². The van der Waals surface area contributed by atoms with Crippen LogP contribution in [0.4, 0.5) is 0 Å². The summed E-state index contributed by atoms with van der Waals surface area (Å²) in [7, 11) is 0. The molecule has 4 heteroatoms. The Balaban J connectivity index is 1.23. The van der Waals surface area contributed by atoms with Crippen LogP contribution in [0.2, 0.25) is 5.28 Å². The van der Waals surface area contributed by atoms with E-state index in [1.165, 1.54) is 38.1 Å². The summed E-state index contributed by atoms with van der Waals surface area (Å²) in [6.07, 6.45) is 0. The van der Waals surface area contributed by atoms with Gasteiger partial charge in [-0.1, -0.05) is 115 Å². The van der Waals surface area contributed by atoms with Crippen LogP contribution in [0, 0.1) is 0 Å². The van der Waals surface area contributed by atoms with Crippen molar-refractivity contribution in [3.05, 3.63) is 157 Å². The molecule has 44 heavy (non-hydrogen) atoms. The smallest absolute Gasteiger partial charge is 0.216 e. The third-order valence-electron chi connectivity index (χ3n) is 8.00. The van der Waals surface area contributed by atoms with Gasteiger partial charge < -0.3 is 0 Å². The maximum Gasteiger partial charge on any atom is 0.223 e. The number of nitrogens with zero attached hydrogens (tertiary/aromatic N) is 2. The maximum atomic E-state index is 6.47. The van der Waals surface area contributed by atoms with Gasteiger partial charge in [0.2, 0.25) is 5.28 Å². The first kappa shape index (κ1) is 26.5. The van der Waals surface area contributed by atoms with E-state index in [1.54, 1.807) is 11.3 Å². The molecule has 2 nitrogen and oxygen atoms in total. The van der Waals surface area contributed by atoms with Crippen molar-refractivity contribution < 1.29 is 0 Å². The quantitative estimate of drug-likeness (QED) is 0.184. The minimum atomic E-state index is 0.260. The minimum Gasteiger partial charge on any atom is -0.216 e. The molecular formula is C40H25ClN2S. The van der Waals surface area contributed by atoms with E-state index in [9.17, 15) is 0 Å². The van der Waals surface area contributed by atoms with E-state index in [0.29, 0.717) is 0 Å². The molecular weight excluding hydrogens is 576 g/mol. The van der Waals surface area contributed by atoms with Crippen molar-refractivity contribution in [1.29, 1.82) is 0 Å². The highest BCUT2D eigenvalue weighted by atomic mass is 35.5. The van der Waals surface area contributed by atoms with Crippen molar-refractivity contribution in [2.75, 3.05) is 0 Å². The SMILES string of the molecule is Clc1nc(-c2cccc(-c3cccc(-c4cc(-c5ccccc5)cc(-c5ccccc5)c4)c3)c2)c2sc3ccccc3c2n1. The van der Waals surface area contributed by atoms with Gasteiger partial charge in [0.1, 0.15) is 0 Å². The first-order valence-electron chi connectivity index (χ1n) is 14.5. The molecule has 0 aliphatic carbocycles. The molecule has 2 aromatic heterocycles. The van der Waals surface area contributed by atoms with Crippen molar-refractivity contribution in [3.8, 4) is 55.8 Å². The molecule has 2 heterocycles. The van der Waals surface area contributed by atoms with Crippen molar-refractivity contribution in [2.45, 2.75) is 0 Å². The lowest BCUT2D eigenvalue weighted by atomic mass is 9.92. The monoisotopic (exact) mass is 600 g/mol. The van der Waals surface area contributed by atoms with Crippen LogP contribution in [0.1, 0.15) is 0 Å². The topological polar surface area (TPSA) is 25.8 Å². The summed E-state index contributed by atoms with van der Waals surface area (Å²) >= 11 is 8.18. The van der Waals surface area contributed by atoms with Crippen LogP contribution in [-0.2, 0) is 0 Å². The average molecular weight is 601 g/mol. The van der Waals surface area contributed by atoms with Gasteiger partial charge in [-0.3, -0.25) is 0 Å². The largest absolute Gasteiger partial charge is 0.223 e. The van der Waals surface area contributed by atoms with Gasteiger partial charge in [0.15, 0.2) is 0 Å². The highest BCUT2D eigenvalue weighted by Crippen LogP contribution is 2.40. The zero-order valence-electron chi connectivity index (χ0n) is 23.6. The van der Waals surface area contributed by atoms with Gasteiger partial charge in [-0.05, 0) is 92.5 Å². The predicted octanol–water partition coefficient (Wildman–Crippen LogP) is 11.8. The molecule has 6 aromatic carbocycles. The lowest BCUT2D eigenvalue weighted by molar-refractivity contribution is 1.24. The molecule has 0 N–H and O–H groups in total. The predicted molar refractivity (Wildman–Crippen MR) is 187 cm³/mol. The van der Waals surface area contributed by atoms with E-state index >= 15 is 0 Å². The number of fused-ring (bicyclic) bond motifs is 3. The standard InChI is InChI=1S/C40H25ClN2S/c41-40-42-37(39-38(43-40)35-19-7-8-20-36(35)44-39)31-18-10-16-29(22-31)28-15-9-17-30(21-28)34-24-32(26-11-3-1-4-12-26)23-33(25-34)27-13-5-2-6-14-27/h1-25H. The summed E-state index contributed by atoms with van der Waals surface area (Å²) < 4.78 is 2.23. The van der Waals surface area contributed by atoms with Crippen LogP contribution >= 0.6 is 22.9 Å². The van der Waals surface area contributed by atoms with Crippen LogP contribution < -0.4 is 0 Å². The fraction of sp³-hybridized carbons (Fsp3) is 0. The van der Waals surface area contributed by atoms with E-state index in [0.717, 1.165) is 38.0 Å². The molecule has 0 bridgehead atoms. The van der Waals surface area contributed by atoms with E-state index in [2.05, 4.69) is 151 Å². The molecule has 8 aromatic rings. The molecule has 0 saturated heterocycles. The van der Waals surface area contributed by atoms with Crippen molar-refractivity contribution in [3.63, 3.8) is 0 Å². The van der Waals surface area contributed by atoms with Crippen LogP contribution in [-0.4, -0.2) is 9.97 Å². The van der Waals surface area contributed by atoms with Crippen LogP contribution in [0.15, 0.2) is 152 Å². The second-order valence-corrected chi connectivity index (χ2v) is 12.2. The minimum absolute atomic E-state index is 0.260. The molecule has 0 spiro atoms. The summed E-state index contributed by atoms with van der Waals surface area (Å²) in [5, 5.41) is 1.37. The molecule has 0 atom stereocenters. The van der Waals surface area contributed by atoms with Gasteiger partial charge in [-0.25, -0.2) is 9.97 Å². The van der Waals surface area contributed by atoms with Crippen LogP contribution in [0.3, 0.4) is 0 Å². The molecule has 0 amide bonds. The molecule has 0 aliphatic heterocycles. The lowest BCUT2D eigenvalue weighted by Gasteiger charge is -2.13. The van der Waals surface area contributed by atoms with E-state index in [-0.39, 0.29) is 5.28 Å². The fourth-order valence-electron chi connectivity index (χ4n) is 5.87. The Morgan fingerprint density at radius 3 is 1.50 bits per heavy atom. The van der Waals surface area contributed by atoms with Crippen molar-refractivity contribution >= 4 is 43.2 Å². The van der Waals surface area contributed by atoms with Gasteiger partial charge in [-0.15, -0.1) is 11.3 Å². The third-order valence-corrected chi connectivity index (χ3v) is 9.34. The molecule has 0 fully saturated rings. The molecule has 0 aliphatic rings. The van der Waals surface area contributed by atoms with Gasteiger partial charge in [0.25, 0.3) is 0 Å². The zero-order valence-corrected chi connectivity index (χ0v) is 25.2. The Labute approximate surface area is 264 Å². The molecule has 0 unspecified atom stereocenters. The van der Waals surface area contributed by atoms with Crippen LogP contribution in [0.5, 0.6) is 0 Å². The van der Waals surface area contributed by atoms with Crippen LogP contribution in [0.25, 0.3) is 76.1 Å². The summed E-state index contributed by atoms with van der Waals surface area (Å²) in [6.45, 7) is 0. The second-order valence-electron chi connectivity index (χ2n) is 10.8. The second kappa shape index (κ2) is 11.2. The lowest BCUT2D eigenvalue weighted by Crippen LogP contribution is -1.90. The highest BCUT2D eigenvalue weighted by Gasteiger charge is 2.16. The molecule has 0 radical (unpaired) electrons. The number of hydrogen-bond donors (Lipinski definition) is 0. The van der Waals surface area contributed by atoms with Crippen molar-refractivity contribution in [2.24, 2.45) is 0 Å². The van der Waals surface area contributed by atoms with Gasteiger partial charge >= 0.3 is 0 Å². The molecule has 0 saturated carbocycles. The highest BCUT2D eigenvalue weighted by molar-refractivity contribution is 7.26. The number of hydrogen-bond acceptors (Lipinski definition) is 3. The number of rotatable bonds is 5. The number of benzene rings is 6. The Morgan fingerprint density at radius 1 is 0.409 bits per heavy atom. The summed E-state index contributed by atoms with van der Waals surface area (Å²) in [5.74, 6) is 0. The Morgan fingerprint density at radius 2 is 0.864 bits per heavy atom. The summed E-state index contributed by atoms with van der Waals surface area (Å²) in [5.41, 5.74) is 12.2. The average Bonchev–Trinajstić information content (AvgIpc) is 3.47. The Bertz CT molecular complexity index is 2230. The molecule has 208 valence electrons. The maximum absolute atomic E-state index is 6.47. The first-order chi connectivity index (χ1) is 21.7. The number of aromatic nitrogens is 2. The van der Waals surface area contributed by atoms with Gasteiger partial charge in [-0.2, -0.15) is 0 Å². The van der Waals surface area contributed by atoms with Crippen molar-refractivity contribution in [1.82, 2.24) is 9.97 Å². The fourth-order valence-corrected chi connectivity index (χ4v) is 7.20. The van der Waals surface area contributed by atoms with Gasteiger partial charge in [0, 0.05) is 15.6 Å². The number of halogens is 1. The zero-order chi connectivity index (χ0) is 29.5. The summed E-state index contributed by atoms with van der Waals surface area (Å²) in [4.78, 5) is 9.31. The molecule has 8 rings (SSSR count). The Hall–Kier alpha value is -5.09. The van der Waals surface area contributed by atoms with Gasteiger partial charge in [0.05, 0.1) is 15.9 Å². The Kier molecular flexibility index (Phi) is 6.75. The van der Waals surface area contributed by atoms with E-state index < -0.39 is 0 Å². The third kappa shape index (κ3) is 4.97. The first-order valence-corrected chi connectivity index (χ1v) is 15.7. The summed E-state index contributed by atoms with van der Waals surface area (Å²) in [6, 6.07) is 53.7. The van der Waals surface area contributed by atoms with E-state index in [4.69, 9.17) is 16.6 Å². The normalized spacial score (nSPS) is 11.3. The number of thiophene rings is 1.